The Morgan fingerprint density at radius 2 is 2.11 bits per heavy atom. The number of carbonyl (C=O) groups is 2. The molecule has 0 saturated carbocycles. The van der Waals surface area contributed by atoms with Gasteiger partial charge >= 0.3 is 5.97 Å². The summed E-state index contributed by atoms with van der Waals surface area (Å²) in [5.41, 5.74) is 1.84. The molecule has 1 aromatic carbocycles. The molecule has 8 heteroatoms. The largest absolute Gasteiger partial charge is 0.480 e. The highest BCUT2D eigenvalue weighted by atomic mass is 16.4. The average molecular weight is 368 g/mol. The van der Waals surface area contributed by atoms with Crippen LogP contribution in [0.5, 0.6) is 0 Å². The second-order valence-electron chi connectivity index (χ2n) is 6.86. The third kappa shape index (κ3) is 2.97. The monoisotopic (exact) mass is 368 g/mol. The standard InChI is InChI=1S/C19H20N4O4/c1-10-21-16-12-5-3-4-6-14(12)27-17(16)18(22-10)23-9-11(8-15(24)20-2)7-13(23)19(25)26/h3-6,11,13H,7-9H2,1-2H3,(H,20,24)(H,25,26)/t11-,13+/m1/s1. The summed E-state index contributed by atoms with van der Waals surface area (Å²) >= 11 is 0. The van der Waals surface area contributed by atoms with Crippen molar-refractivity contribution in [3.8, 4) is 0 Å². The normalized spacial score (nSPS) is 19.7. The van der Waals surface area contributed by atoms with Gasteiger partial charge in [-0.05, 0) is 31.4 Å². The Balaban J connectivity index is 1.82. The number of rotatable bonds is 4. The number of fused-ring (bicyclic) bond motifs is 3. The molecule has 1 aliphatic rings. The Kier molecular flexibility index (Phi) is 4.18. The van der Waals surface area contributed by atoms with Crippen LogP contribution in [0.15, 0.2) is 28.7 Å². The summed E-state index contributed by atoms with van der Waals surface area (Å²) in [6.45, 7) is 2.20. The summed E-state index contributed by atoms with van der Waals surface area (Å²) in [5.74, 6) is -0.0853. The molecule has 1 amide bonds. The molecule has 2 atom stereocenters. The molecule has 2 aromatic heterocycles. The van der Waals surface area contributed by atoms with E-state index in [2.05, 4.69) is 15.3 Å². The first-order valence-electron chi connectivity index (χ1n) is 8.84. The van der Waals surface area contributed by atoms with Crippen LogP contribution >= 0.6 is 0 Å². The average Bonchev–Trinajstić information content (AvgIpc) is 3.22. The van der Waals surface area contributed by atoms with Crippen molar-refractivity contribution in [3.05, 3.63) is 30.1 Å². The lowest BCUT2D eigenvalue weighted by Gasteiger charge is -2.22. The number of carbonyl (C=O) groups excluding carboxylic acids is 1. The van der Waals surface area contributed by atoms with Gasteiger partial charge in [0, 0.05) is 25.4 Å². The molecule has 3 heterocycles. The zero-order chi connectivity index (χ0) is 19.1. The van der Waals surface area contributed by atoms with E-state index in [-0.39, 0.29) is 18.2 Å². The first kappa shape index (κ1) is 17.3. The summed E-state index contributed by atoms with van der Waals surface area (Å²) in [6, 6.07) is 6.79. The third-order valence-corrected chi connectivity index (χ3v) is 5.01. The van der Waals surface area contributed by atoms with Crippen LogP contribution in [0, 0.1) is 12.8 Å². The number of hydrogen-bond acceptors (Lipinski definition) is 6. The van der Waals surface area contributed by atoms with Gasteiger partial charge in [-0.3, -0.25) is 4.79 Å². The molecule has 0 unspecified atom stereocenters. The number of aryl methyl sites for hydroxylation is 1. The molecular formula is C19H20N4O4. The summed E-state index contributed by atoms with van der Waals surface area (Å²) < 4.78 is 5.98. The number of nitrogens with zero attached hydrogens (tertiary/aromatic N) is 3. The smallest absolute Gasteiger partial charge is 0.326 e. The predicted octanol–water partition coefficient (Wildman–Crippen LogP) is 2.10. The molecular weight excluding hydrogens is 348 g/mol. The molecule has 0 radical (unpaired) electrons. The van der Waals surface area contributed by atoms with E-state index in [1.807, 2.05) is 24.3 Å². The lowest BCUT2D eigenvalue weighted by atomic mass is 10.0. The Hall–Kier alpha value is -3.16. The van der Waals surface area contributed by atoms with E-state index in [0.29, 0.717) is 41.3 Å². The number of aromatic nitrogens is 2. The number of anilines is 1. The first-order chi connectivity index (χ1) is 13.0. The predicted molar refractivity (Wildman–Crippen MR) is 99.6 cm³/mol. The number of furan rings is 1. The SMILES string of the molecule is CNC(=O)C[C@H]1C[C@@H](C(=O)O)N(c2nc(C)nc3c2oc2ccccc23)C1. The maximum atomic E-state index is 11.9. The molecule has 4 rings (SSSR count). The Bertz CT molecular complexity index is 1040. The van der Waals surface area contributed by atoms with Crippen molar-refractivity contribution in [1.29, 1.82) is 0 Å². The second-order valence-corrected chi connectivity index (χ2v) is 6.86. The zero-order valence-electron chi connectivity index (χ0n) is 15.1. The van der Waals surface area contributed by atoms with Crippen LogP contribution < -0.4 is 10.2 Å². The van der Waals surface area contributed by atoms with Crippen molar-refractivity contribution < 1.29 is 19.1 Å². The van der Waals surface area contributed by atoms with Crippen LogP contribution in [-0.4, -0.2) is 46.6 Å². The molecule has 1 fully saturated rings. The molecule has 8 nitrogen and oxygen atoms in total. The van der Waals surface area contributed by atoms with Crippen LogP contribution in [0.4, 0.5) is 5.82 Å². The van der Waals surface area contributed by atoms with Crippen molar-refractivity contribution in [2.45, 2.75) is 25.8 Å². The summed E-state index contributed by atoms with van der Waals surface area (Å²) in [7, 11) is 1.58. The third-order valence-electron chi connectivity index (χ3n) is 5.01. The van der Waals surface area contributed by atoms with Gasteiger partial charge in [0.15, 0.2) is 11.4 Å². The topological polar surface area (TPSA) is 109 Å². The fraction of sp³-hybridized carbons (Fsp3) is 0.368. The molecule has 3 aromatic rings. The summed E-state index contributed by atoms with van der Waals surface area (Å²) in [6.07, 6.45) is 0.664. The number of benzene rings is 1. The van der Waals surface area contributed by atoms with E-state index in [9.17, 15) is 14.7 Å². The van der Waals surface area contributed by atoms with Gasteiger partial charge in [-0.15, -0.1) is 0 Å². The fourth-order valence-electron chi connectivity index (χ4n) is 3.78. The fourth-order valence-corrected chi connectivity index (χ4v) is 3.78. The summed E-state index contributed by atoms with van der Waals surface area (Å²) in [4.78, 5) is 34.4. The maximum Gasteiger partial charge on any atom is 0.326 e. The van der Waals surface area contributed by atoms with Gasteiger partial charge in [-0.25, -0.2) is 14.8 Å². The molecule has 0 aliphatic carbocycles. The van der Waals surface area contributed by atoms with Crippen molar-refractivity contribution in [3.63, 3.8) is 0 Å². The van der Waals surface area contributed by atoms with Crippen molar-refractivity contribution in [2.24, 2.45) is 5.92 Å². The van der Waals surface area contributed by atoms with Gasteiger partial charge < -0.3 is 19.7 Å². The first-order valence-corrected chi connectivity index (χ1v) is 8.84. The van der Waals surface area contributed by atoms with Gasteiger partial charge in [0.25, 0.3) is 0 Å². The van der Waals surface area contributed by atoms with Gasteiger partial charge in [0.1, 0.15) is 23.0 Å². The minimum absolute atomic E-state index is 0.0688. The van der Waals surface area contributed by atoms with E-state index in [4.69, 9.17) is 4.42 Å². The molecule has 1 saturated heterocycles. The van der Waals surface area contributed by atoms with E-state index in [0.717, 1.165) is 5.39 Å². The summed E-state index contributed by atoms with van der Waals surface area (Å²) in [5, 5.41) is 13.2. The number of aliphatic carboxylic acids is 1. The highest BCUT2D eigenvalue weighted by molar-refractivity contribution is 6.06. The minimum Gasteiger partial charge on any atom is -0.480 e. The van der Waals surface area contributed by atoms with Crippen molar-refractivity contribution >= 4 is 39.8 Å². The number of carboxylic acids is 1. The van der Waals surface area contributed by atoms with E-state index < -0.39 is 12.0 Å². The molecule has 0 bridgehead atoms. The lowest BCUT2D eigenvalue weighted by molar-refractivity contribution is -0.138. The molecule has 27 heavy (non-hydrogen) atoms. The molecule has 2 N–H and O–H groups in total. The van der Waals surface area contributed by atoms with E-state index in [1.54, 1.807) is 18.9 Å². The Morgan fingerprint density at radius 1 is 1.33 bits per heavy atom. The number of amides is 1. The highest BCUT2D eigenvalue weighted by Gasteiger charge is 2.39. The maximum absolute atomic E-state index is 11.9. The number of carboxylic acid groups (broad SMARTS) is 1. The van der Waals surface area contributed by atoms with Crippen LogP contribution in [0.25, 0.3) is 22.1 Å². The zero-order valence-corrected chi connectivity index (χ0v) is 15.1. The highest BCUT2D eigenvalue weighted by Crippen LogP contribution is 2.37. The molecule has 0 spiro atoms. The van der Waals surface area contributed by atoms with Gasteiger partial charge in [0.05, 0.1) is 0 Å². The van der Waals surface area contributed by atoms with Crippen LogP contribution in [0.1, 0.15) is 18.7 Å². The molecule has 1 aliphatic heterocycles. The van der Waals surface area contributed by atoms with E-state index >= 15 is 0 Å². The van der Waals surface area contributed by atoms with Crippen molar-refractivity contribution in [2.75, 3.05) is 18.5 Å². The van der Waals surface area contributed by atoms with Gasteiger partial charge in [0.2, 0.25) is 5.91 Å². The van der Waals surface area contributed by atoms with Gasteiger partial charge in [-0.2, -0.15) is 0 Å². The van der Waals surface area contributed by atoms with Gasteiger partial charge in [-0.1, -0.05) is 12.1 Å². The van der Waals surface area contributed by atoms with E-state index in [1.165, 1.54) is 0 Å². The van der Waals surface area contributed by atoms with Crippen LogP contribution in [0.3, 0.4) is 0 Å². The number of hydrogen-bond donors (Lipinski definition) is 2. The number of para-hydroxylation sites is 1. The quantitative estimate of drug-likeness (QED) is 0.726. The lowest BCUT2D eigenvalue weighted by Crippen LogP contribution is -2.36. The number of nitrogens with one attached hydrogen (secondary N) is 1. The van der Waals surface area contributed by atoms with Crippen LogP contribution in [-0.2, 0) is 9.59 Å². The Morgan fingerprint density at radius 3 is 2.85 bits per heavy atom. The Labute approximate surface area is 155 Å². The van der Waals surface area contributed by atoms with Crippen molar-refractivity contribution in [1.82, 2.24) is 15.3 Å². The second kappa shape index (κ2) is 6.53. The van der Waals surface area contributed by atoms with Crippen LogP contribution in [0.2, 0.25) is 0 Å². The minimum atomic E-state index is -0.935. The molecule has 140 valence electrons.